The van der Waals surface area contributed by atoms with E-state index in [-0.39, 0.29) is 0 Å². The minimum atomic E-state index is 0.870. The van der Waals surface area contributed by atoms with Crippen molar-refractivity contribution >= 4 is 0 Å². The quantitative estimate of drug-likeness (QED) is 0.698. The van der Waals surface area contributed by atoms with Gasteiger partial charge in [-0.2, -0.15) is 0 Å². The molecule has 1 nitrogen and oxygen atoms in total. The second-order valence-electron chi connectivity index (χ2n) is 5.26. The minimum absolute atomic E-state index is 0.870. The maximum atomic E-state index is 3.42. The van der Waals surface area contributed by atoms with Crippen molar-refractivity contribution in [3.8, 4) is 0 Å². The lowest BCUT2D eigenvalue weighted by atomic mass is 9.86. The van der Waals surface area contributed by atoms with Crippen LogP contribution in [0.15, 0.2) is 12.2 Å². The Balaban J connectivity index is 1.64. The van der Waals surface area contributed by atoms with E-state index in [2.05, 4.69) is 17.5 Å². The molecule has 0 spiro atoms. The molecule has 0 unspecified atom stereocenters. The van der Waals surface area contributed by atoms with Gasteiger partial charge in [0.15, 0.2) is 0 Å². The Kier molecular flexibility index (Phi) is 4.72. The number of rotatable bonds is 3. The van der Waals surface area contributed by atoms with Gasteiger partial charge >= 0.3 is 0 Å². The van der Waals surface area contributed by atoms with Crippen LogP contribution in [0.25, 0.3) is 0 Å². The fourth-order valence-electron chi connectivity index (χ4n) is 2.92. The maximum absolute atomic E-state index is 3.42. The Morgan fingerprint density at radius 1 is 0.933 bits per heavy atom. The molecule has 1 saturated carbocycles. The lowest BCUT2D eigenvalue weighted by molar-refractivity contribution is 0.360. The zero-order valence-electron chi connectivity index (χ0n) is 9.88. The molecule has 0 amide bonds. The van der Waals surface area contributed by atoms with E-state index in [1.807, 2.05) is 0 Å². The highest BCUT2D eigenvalue weighted by Crippen LogP contribution is 2.27. The fourth-order valence-corrected chi connectivity index (χ4v) is 2.92. The van der Waals surface area contributed by atoms with E-state index in [1.54, 1.807) is 0 Å². The normalized spacial score (nSPS) is 26.1. The molecule has 1 aliphatic heterocycles. The van der Waals surface area contributed by atoms with Gasteiger partial charge in [-0.05, 0) is 44.2 Å². The van der Waals surface area contributed by atoms with Gasteiger partial charge in [-0.1, -0.05) is 44.3 Å². The molecule has 1 N–H and O–H groups in total. The van der Waals surface area contributed by atoms with Crippen LogP contribution in [0.2, 0.25) is 0 Å². The van der Waals surface area contributed by atoms with Gasteiger partial charge < -0.3 is 5.32 Å². The molecule has 0 atom stereocenters. The lowest BCUT2D eigenvalue weighted by Gasteiger charge is -2.21. The summed E-state index contributed by atoms with van der Waals surface area (Å²) in [7, 11) is 0. The van der Waals surface area contributed by atoms with Crippen LogP contribution in [0.3, 0.4) is 0 Å². The van der Waals surface area contributed by atoms with E-state index in [4.69, 9.17) is 0 Å². The van der Waals surface area contributed by atoms with Crippen LogP contribution < -0.4 is 5.32 Å². The SMILES string of the molecule is C(=CC1CCNCC1)CC1CCCCC1. The monoisotopic (exact) mass is 207 g/mol. The molecule has 1 heteroatoms. The Labute approximate surface area is 94.3 Å². The molecule has 0 aromatic rings. The van der Waals surface area contributed by atoms with E-state index >= 15 is 0 Å². The first-order valence-electron chi connectivity index (χ1n) is 6.82. The second-order valence-corrected chi connectivity index (χ2v) is 5.26. The number of nitrogens with one attached hydrogen (secondary N) is 1. The summed E-state index contributed by atoms with van der Waals surface area (Å²) in [4.78, 5) is 0. The van der Waals surface area contributed by atoms with E-state index in [0.29, 0.717) is 0 Å². The van der Waals surface area contributed by atoms with E-state index in [0.717, 1.165) is 11.8 Å². The first kappa shape index (κ1) is 11.2. The molecule has 0 radical (unpaired) electrons. The van der Waals surface area contributed by atoms with Crippen LogP contribution in [-0.4, -0.2) is 13.1 Å². The molecule has 0 aromatic carbocycles. The van der Waals surface area contributed by atoms with E-state index < -0.39 is 0 Å². The van der Waals surface area contributed by atoms with Crippen LogP contribution in [0, 0.1) is 11.8 Å². The third-order valence-corrected chi connectivity index (χ3v) is 3.99. The van der Waals surface area contributed by atoms with Crippen LogP contribution in [0.4, 0.5) is 0 Å². The first-order chi connectivity index (χ1) is 7.45. The van der Waals surface area contributed by atoms with Gasteiger partial charge in [0.05, 0.1) is 0 Å². The lowest BCUT2D eigenvalue weighted by Crippen LogP contribution is -2.26. The molecule has 15 heavy (non-hydrogen) atoms. The second kappa shape index (κ2) is 6.32. The zero-order valence-corrected chi connectivity index (χ0v) is 9.88. The van der Waals surface area contributed by atoms with Crippen molar-refractivity contribution in [3.63, 3.8) is 0 Å². The third kappa shape index (κ3) is 3.98. The molecular formula is C14H25N. The van der Waals surface area contributed by atoms with Gasteiger partial charge in [0.25, 0.3) is 0 Å². The molecule has 2 aliphatic rings. The van der Waals surface area contributed by atoms with Crippen LogP contribution in [0.5, 0.6) is 0 Å². The van der Waals surface area contributed by atoms with Crippen LogP contribution >= 0.6 is 0 Å². The highest BCUT2D eigenvalue weighted by atomic mass is 14.9. The standard InChI is InChI=1S/C14H25N/c1-2-5-13(6-3-1)7-4-8-14-9-11-15-12-10-14/h4,8,13-15H,1-3,5-7,9-12H2. The molecule has 86 valence electrons. The van der Waals surface area contributed by atoms with Crippen LogP contribution in [0.1, 0.15) is 51.4 Å². The van der Waals surface area contributed by atoms with Crippen molar-refractivity contribution in [2.75, 3.05) is 13.1 Å². The molecule has 1 aliphatic carbocycles. The summed E-state index contributed by atoms with van der Waals surface area (Å²) in [6, 6.07) is 0. The number of hydrogen-bond donors (Lipinski definition) is 1. The Morgan fingerprint density at radius 2 is 1.67 bits per heavy atom. The minimum Gasteiger partial charge on any atom is -0.317 e. The summed E-state index contributed by atoms with van der Waals surface area (Å²) in [6.45, 7) is 2.44. The molecule has 1 saturated heterocycles. The van der Waals surface area contributed by atoms with Gasteiger partial charge in [-0.3, -0.25) is 0 Å². The summed E-state index contributed by atoms with van der Waals surface area (Å²) in [5, 5.41) is 3.42. The Hall–Kier alpha value is -0.300. The Morgan fingerprint density at radius 3 is 2.40 bits per heavy atom. The van der Waals surface area contributed by atoms with E-state index in [9.17, 15) is 0 Å². The summed E-state index contributed by atoms with van der Waals surface area (Å²) in [5.74, 6) is 1.88. The van der Waals surface area contributed by atoms with Gasteiger partial charge in [0.2, 0.25) is 0 Å². The van der Waals surface area contributed by atoms with Crippen molar-refractivity contribution in [2.45, 2.75) is 51.4 Å². The molecule has 1 heterocycles. The third-order valence-electron chi connectivity index (χ3n) is 3.99. The largest absolute Gasteiger partial charge is 0.317 e. The highest BCUT2D eigenvalue weighted by molar-refractivity contribution is 4.92. The molecular weight excluding hydrogens is 182 g/mol. The molecule has 2 fully saturated rings. The number of hydrogen-bond acceptors (Lipinski definition) is 1. The van der Waals surface area contributed by atoms with Gasteiger partial charge in [0.1, 0.15) is 0 Å². The topological polar surface area (TPSA) is 12.0 Å². The van der Waals surface area contributed by atoms with Gasteiger partial charge in [-0.15, -0.1) is 0 Å². The van der Waals surface area contributed by atoms with Gasteiger partial charge in [-0.25, -0.2) is 0 Å². The number of piperidine rings is 1. The summed E-state index contributed by atoms with van der Waals surface area (Å²) >= 11 is 0. The summed E-state index contributed by atoms with van der Waals surface area (Å²) in [5.41, 5.74) is 0. The van der Waals surface area contributed by atoms with Crippen molar-refractivity contribution in [2.24, 2.45) is 11.8 Å². The molecule has 0 bridgehead atoms. The van der Waals surface area contributed by atoms with Crippen molar-refractivity contribution in [1.82, 2.24) is 5.32 Å². The number of allylic oxidation sites excluding steroid dienone is 2. The summed E-state index contributed by atoms with van der Waals surface area (Å²) in [6.07, 6.45) is 16.4. The maximum Gasteiger partial charge on any atom is -0.00433 e. The first-order valence-corrected chi connectivity index (χ1v) is 6.82. The molecule has 0 aromatic heterocycles. The van der Waals surface area contributed by atoms with Crippen molar-refractivity contribution in [1.29, 1.82) is 0 Å². The van der Waals surface area contributed by atoms with Gasteiger partial charge in [0, 0.05) is 0 Å². The predicted octanol–water partition coefficient (Wildman–Crippen LogP) is 3.51. The average Bonchev–Trinajstić information content (AvgIpc) is 2.32. The van der Waals surface area contributed by atoms with Crippen molar-refractivity contribution < 1.29 is 0 Å². The average molecular weight is 207 g/mol. The summed E-state index contributed by atoms with van der Waals surface area (Å²) < 4.78 is 0. The van der Waals surface area contributed by atoms with Crippen LogP contribution in [-0.2, 0) is 0 Å². The molecule has 2 rings (SSSR count). The smallest absolute Gasteiger partial charge is 0.00433 e. The fraction of sp³-hybridized carbons (Fsp3) is 0.857. The zero-order chi connectivity index (χ0) is 10.3. The highest BCUT2D eigenvalue weighted by Gasteiger charge is 2.12. The Bertz CT molecular complexity index is 186. The van der Waals surface area contributed by atoms with E-state index in [1.165, 1.54) is 64.5 Å². The van der Waals surface area contributed by atoms with Crippen molar-refractivity contribution in [3.05, 3.63) is 12.2 Å². The predicted molar refractivity (Wildman–Crippen MR) is 65.9 cm³/mol.